The van der Waals surface area contributed by atoms with Crippen molar-refractivity contribution < 1.29 is 24.3 Å². The molecule has 1 atom stereocenters. The second kappa shape index (κ2) is 5.32. The summed E-state index contributed by atoms with van der Waals surface area (Å²) in [5.74, 6) is 0.706. The van der Waals surface area contributed by atoms with Crippen LogP contribution >= 0.6 is 0 Å². The topological polar surface area (TPSA) is 61.4 Å². The molecule has 0 aromatic heterocycles. The largest absolute Gasteiger partial charge is 0.493 e. The van der Waals surface area contributed by atoms with Crippen LogP contribution in [0, 0.1) is 0 Å². The first-order valence-corrected chi connectivity index (χ1v) is 7.05. The van der Waals surface area contributed by atoms with E-state index in [-0.39, 0.29) is 12.2 Å². The molecule has 1 aliphatic carbocycles. The standard InChI is InChI=1S/C15H19NO4/c1-18-11-8-7-10-12(13(11)19-2)15(17)20-14(10)16-9-5-3-4-6-9/h7-9,14,16H,3-6H2,1-2H3/p+1/t14-/m0/s1. The second-order valence-electron chi connectivity index (χ2n) is 5.33. The molecule has 1 aromatic rings. The summed E-state index contributed by atoms with van der Waals surface area (Å²) in [6.07, 6.45) is 4.66. The Labute approximate surface area is 118 Å². The second-order valence-corrected chi connectivity index (χ2v) is 5.33. The average Bonchev–Trinajstić information content (AvgIpc) is 3.07. The molecule has 2 aliphatic rings. The van der Waals surface area contributed by atoms with Crippen molar-refractivity contribution in [2.75, 3.05) is 14.2 Å². The molecule has 1 heterocycles. The van der Waals surface area contributed by atoms with Gasteiger partial charge in [0.1, 0.15) is 5.56 Å². The lowest BCUT2D eigenvalue weighted by molar-refractivity contribution is -0.755. The van der Waals surface area contributed by atoms with E-state index in [9.17, 15) is 4.79 Å². The van der Waals surface area contributed by atoms with E-state index in [0.717, 1.165) is 5.56 Å². The number of nitrogens with two attached hydrogens (primary N) is 1. The average molecular weight is 278 g/mol. The minimum Gasteiger partial charge on any atom is -0.493 e. The quantitative estimate of drug-likeness (QED) is 0.845. The number of carbonyl (C=O) groups is 1. The third-order valence-electron chi connectivity index (χ3n) is 4.17. The Morgan fingerprint density at radius 3 is 2.60 bits per heavy atom. The Kier molecular flexibility index (Phi) is 3.53. The highest BCUT2D eigenvalue weighted by atomic mass is 16.6. The summed E-state index contributed by atoms with van der Waals surface area (Å²) in [6, 6.07) is 4.28. The van der Waals surface area contributed by atoms with E-state index in [4.69, 9.17) is 14.2 Å². The number of benzene rings is 1. The summed E-state index contributed by atoms with van der Waals surface area (Å²) in [6.45, 7) is 0. The maximum atomic E-state index is 12.1. The molecule has 5 nitrogen and oxygen atoms in total. The summed E-state index contributed by atoms with van der Waals surface area (Å²) in [5, 5.41) is 2.17. The number of hydrogen-bond donors (Lipinski definition) is 1. The first-order valence-electron chi connectivity index (χ1n) is 7.05. The molecule has 0 radical (unpaired) electrons. The highest BCUT2D eigenvalue weighted by molar-refractivity contribution is 5.97. The first-order chi connectivity index (χ1) is 9.74. The fourth-order valence-electron chi connectivity index (χ4n) is 3.17. The van der Waals surface area contributed by atoms with Gasteiger partial charge in [-0.2, -0.15) is 0 Å². The zero-order valence-corrected chi connectivity index (χ0v) is 11.8. The molecule has 1 aromatic carbocycles. The summed E-state index contributed by atoms with van der Waals surface area (Å²) in [5.41, 5.74) is 1.39. The summed E-state index contributed by atoms with van der Waals surface area (Å²) in [7, 11) is 3.10. The fourth-order valence-corrected chi connectivity index (χ4v) is 3.17. The predicted molar refractivity (Wildman–Crippen MR) is 71.9 cm³/mol. The van der Waals surface area contributed by atoms with E-state index >= 15 is 0 Å². The lowest BCUT2D eigenvalue weighted by Gasteiger charge is -2.15. The molecule has 2 N–H and O–H groups in total. The van der Waals surface area contributed by atoms with Gasteiger partial charge in [-0.15, -0.1) is 0 Å². The Hall–Kier alpha value is -1.75. The number of hydrogen-bond acceptors (Lipinski definition) is 4. The molecule has 1 aliphatic heterocycles. The normalized spacial score (nSPS) is 21.7. The van der Waals surface area contributed by atoms with Crippen LogP contribution in [0.2, 0.25) is 0 Å². The smallest absolute Gasteiger partial charge is 0.347 e. The number of methoxy groups -OCH3 is 2. The van der Waals surface area contributed by atoms with Gasteiger partial charge in [-0.25, -0.2) is 4.79 Å². The van der Waals surface area contributed by atoms with Gasteiger partial charge in [0.15, 0.2) is 11.5 Å². The van der Waals surface area contributed by atoms with Crippen LogP contribution in [-0.4, -0.2) is 26.2 Å². The number of carbonyl (C=O) groups excluding carboxylic acids is 1. The number of ether oxygens (including phenoxy) is 3. The van der Waals surface area contributed by atoms with Crippen molar-refractivity contribution >= 4 is 5.97 Å². The van der Waals surface area contributed by atoms with Gasteiger partial charge in [-0.1, -0.05) is 0 Å². The van der Waals surface area contributed by atoms with Crippen LogP contribution in [0.4, 0.5) is 0 Å². The van der Waals surface area contributed by atoms with Gasteiger partial charge in [-0.3, -0.25) is 0 Å². The number of esters is 1. The van der Waals surface area contributed by atoms with Gasteiger partial charge < -0.3 is 19.5 Å². The molecular formula is C15H20NO4+. The highest BCUT2D eigenvalue weighted by Crippen LogP contribution is 2.39. The Bertz CT molecular complexity index is 523. The van der Waals surface area contributed by atoms with Crippen LogP contribution in [0.1, 0.15) is 47.8 Å². The van der Waals surface area contributed by atoms with E-state index in [1.807, 2.05) is 12.1 Å². The minimum absolute atomic E-state index is 0.250. The van der Waals surface area contributed by atoms with Gasteiger partial charge in [0.05, 0.1) is 25.8 Å². The molecule has 20 heavy (non-hydrogen) atoms. The van der Waals surface area contributed by atoms with Crippen molar-refractivity contribution in [1.82, 2.24) is 0 Å². The highest BCUT2D eigenvalue weighted by Gasteiger charge is 2.39. The lowest BCUT2D eigenvalue weighted by Crippen LogP contribution is -2.90. The van der Waals surface area contributed by atoms with Gasteiger partial charge >= 0.3 is 5.97 Å². The minimum atomic E-state index is -0.324. The van der Waals surface area contributed by atoms with Gasteiger partial charge in [-0.05, 0) is 37.8 Å². The summed E-state index contributed by atoms with van der Waals surface area (Å²) < 4.78 is 16.1. The maximum Gasteiger partial charge on any atom is 0.347 e. The Morgan fingerprint density at radius 1 is 1.20 bits per heavy atom. The number of cyclic esters (lactones) is 1. The van der Waals surface area contributed by atoms with E-state index in [1.165, 1.54) is 25.7 Å². The van der Waals surface area contributed by atoms with Crippen LogP contribution in [0.3, 0.4) is 0 Å². The third-order valence-corrected chi connectivity index (χ3v) is 4.17. The van der Waals surface area contributed by atoms with Gasteiger partial charge in [0, 0.05) is 0 Å². The summed E-state index contributed by atoms with van der Waals surface area (Å²) in [4.78, 5) is 12.1. The summed E-state index contributed by atoms with van der Waals surface area (Å²) >= 11 is 0. The van der Waals surface area contributed by atoms with Gasteiger partial charge in [0.2, 0.25) is 0 Å². The zero-order chi connectivity index (χ0) is 14.1. The van der Waals surface area contributed by atoms with Crippen molar-refractivity contribution in [2.45, 2.75) is 38.0 Å². The van der Waals surface area contributed by atoms with Crippen LogP contribution in [-0.2, 0) is 4.74 Å². The lowest BCUT2D eigenvalue weighted by atomic mass is 10.1. The van der Waals surface area contributed by atoms with E-state index in [1.54, 1.807) is 14.2 Å². The zero-order valence-electron chi connectivity index (χ0n) is 11.8. The van der Waals surface area contributed by atoms with Crippen molar-refractivity contribution in [3.05, 3.63) is 23.3 Å². The monoisotopic (exact) mass is 278 g/mol. The number of quaternary nitrogens is 1. The third kappa shape index (κ3) is 2.12. The maximum absolute atomic E-state index is 12.1. The van der Waals surface area contributed by atoms with E-state index in [2.05, 4.69) is 5.32 Å². The van der Waals surface area contributed by atoms with Crippen LogP contribution in [0.5, 0.6) is 11.5 Å². The van der Waals surface area contributed by atoms with E-state index in [0.29, 0.717) is 23.1 Å². The molecule has 0 amide bonds. The molecule has 1 saturated carbocycles. The van der Waals surface area contributed by atoms with Crippen LogP contribution in [0.25, 0.3) is 0 Å². The van der Waals surface area contributed by atoms with Crippen molar-refractivity contribution in [3.8, 4) is 11.5 Å². The van der Waals surface area contributed by atoms with E-state index < -0.39 is 0 Å². The predicted octanol–water partition coefficient (Wildman–Crippen LogP) is 1.38. The first kappa shape index (κ1) is 13.2. The Balaban J connectivity index is 1.92. The Morgan fingerprint density at radius 2 is 1.95 bits per heavy atom. The molecule has 0 saturated heterocycles. The fraction of sp³-hybridized carbons (Fsp3) is 0.533. The molecule has 108 valence electrons. The van der Waals surface area contributed by atoms with Crippen molar-refractivity contribution in [3.63, 3.8) is 0 Å². The number of fused-ring (bicyclic) bond motifs is 1. The number of rotatable bonds is 4. The molecule has 0 bridgehead atoms. The van der Waals surface area contributed by atoms with Crippen LogP contribution in [0.15, 0.2) is 12.1 Å². The van der Waals surface area contributed by atoms with Crippen molar-refractivity contribution in [2.24, 2.45) is 0 Å². The molecular weight excluding hydrogens is 258 g/mol. The molecule has 5 heteroatoms. The molecule has 1 fully saturated rings. The SMILES string of the molecule is COc1ccc2c(c1OC)C(=O)O[C@@H]2[NH2+]C1CCCC1. The van der Waals surface area contributed by atoms with Crippen molar-refractivity contribution in [1.29, 1.82) is 0 Å². The molecule has 3 rings (SSSR count). The molecule has 0 spiro atoms. The molecule has 0 unspecified atom stereocenters. The van der Waals surface area contributed by atoms with Gasteiger partial charge in [0.25, 0.3) is 6.23 Å². The van der Waals surface area contributed by atoms with Crippen LogP contribution < -0.4 is 14.8 Å².